The van der Waals surface area contributed by atoms with Gasteiger partial charge in [0.1, 0.15) is 5.75 Å². The molecule has 0 aliphatic heterocycles. The van der Waals surface area contributed by atoms with E-state index in [0.717, 1.165) is 11.3 Å². The van der Waals surface area contributed by atoms with Crippen molar-refractivity contribution >= 4 is 0 Å². The molecular weight excluding hydrogens is 206 g/mol. The molecule has 16 heavy (non-hydrogen) atoms. The number of rotatable bonds is 6. The molecule has 0 radical (unpaired) electrons. The highest BCUT2D eigenvalue weighted by atomic mass is 16.5. The summed E-state index contributed by atoms with van der Waals surface area (Å²) in [5.74, 6) is 0.772. The SMILES string of the molecule is CCOc1ccc(C(O)C(N)CCO)cc1. The third-order valence-corrected chi connectivity index (χ3v) is 2.40. The van der Waals surface area contributed by atoms with Gasteiger partial charge < -0.3 is 20.7 Å². The van der Waals surface area contributed by atoms with Crippen LogP contribution in [0.15, 0.2) is 24.3 Å². The fourth-order valence-corrected chi connectivity index (χ4v) is 1.48. The van der Waals surface area contributed by atoms with Crippen LogP contribution in [0, 0.1) is 0 Å². The third kappa shape index (κ3) is 3.48. The molecule has 90 valence electrons. The van der Waals surface area contributed by atoms with Gasteiger partial charge in [0, 0.05) is 12.6 Å². The van der Waals surface area contributed by atoms with Gasteiger partial charge in [-0.05, 0) is 31.0 Å². The van der Waals surface area contributed by atoms with Crippen molar-refractivity contribution in [3.63, 3.8) is 0 Å². The Morgan fingerprint density at radius 2 is 1.94 bits per heavy atom. The zero-order chi connectivity index (χ0) is 12.0. The molecule has 1 aromatic carbocycles. The Morgan fingerprint density at radius 3 is 2.44 bits per heavy atom. The molecule has 0 fully saturated rings. The second kappa shape index (κ2) is 6.48. The van der Waals surface area contributed by atoms with Crippen LogP contribution in [0.25, 0.3) is 0 Å². The van der Waals surface area contributed by atoms with Gasteiger partial charge in [-0.15, -0.1) is 0 Å². The average Bonchev–Trinajstić information content (AvgIpc) is 2.30. The summed E-state index contributed by atoms with van der Waals surface area (Å²) in [4.78, 5) is 0. The fraction of sp³-hybridized carbons (Fsp3) is 0.500. The first kappa shape index (κ1) is 13.0. The maximum atomic E-state index is 9.86. The molecule has 0 saturated carbocycles. The lowest BCUT2D eigenvalue weighted by atomic mass is 10.0. The summed E-state index contributed by atoms with van der Waals surface area (Å²) in [6.07, 6.45) is -0.364. The summed E-state index contributed by atoms with van der Waals surface area (Å²) in [6, 6.07) is 6.73. The molecule has 4 heteroatoms. The van der Waals surface area contributed by atoms with Gasteiger partial charge in [-0.3, -0.25) is 0 Å². The number of nitrogens with two attached hydrogens (primary N) is 1. The van der Waals surface area contributed by atoms with E-state index in [0.29, 0.717) is 13.0 Å². The lowest BCUT2D eigenvalue weighted by Crippen LogP contribution is -2.29. The Morgan fingerprint density at radius 1 is 1.31 bits per heavy atom. The molecule has 4 N–H and O–H groups in total. The van der Waals surface area contributed by atoms with Crippen molar-refractivity contribution in [3.8, 4) is 5.75 Å². The minimum Gasteiger partial charge on any atom is -0.494 e. The first-order valence-electron chi connectivity index (χ1n) is 5.46. The quantitative estimate of drug-likeness (QED) is 0.670. The van der Waals surface area contributed by atoms with E-state index in [1.165, 1.54) is 0 Å². The van der Waals surface area contributed by atoms with Crippen LogP contribution in [0.3, 0.4) is 0 Å². The van der Waals surface area contributed by atoms with Crippen molar-refractivity contribution in [3.05, 3.63) is 29.8 Å². The van der Waals surface area contributed by atoms with Gasteiger partial charge in [0.05, 0.1) is 12.7 Å². The van der Waals surface area contributed by atoms with Crippen molar-refractivity contribution in [2.24, 2.45) is 5.73 Å². The van der Waals surface area contributed by atoms with E-state index in [1.807, 2.05) is 6.92 Å². The van der Waals surface area contributed by atoms with Gasteiger partial charge in [0.15, 0.2) is 0 Å². The van der Waals surface area contributed by atoms with Crippen LogP contribution in [-0.4, -0.2) is 29.5 Å². The molecule has 0 aliphatic carbocycles. The van der Waals surface area contributed by atoms with Crippen molar-refractivity contribution in [2.45, 2.75) is 25.5 Å². The zero-order valence-electron chi connectivity index (χ0n) is 9.47. The molecular formula is C12H19NO3. The Balaban J connectivity index is 2.65. The van der Waals surface area contributed by atoms with Crippen LogP contribution in [0.5, 0.6) is 5.75 Å². The number of aliphatic hydroxyl groups is 2. The summed E-state index contributed by atoms with van der Waals surface area (Å²) < 4.78 is 5.30. The van der Waals surface area contributed by atoms with Crippen molar-refractivity contribution < 1.29 is 14.9 Å². The predicted molar refractivity (Wildman–Crippen MR) is 62.2 cm³/mol. The minimum atomic E-state index is -0.747. The number of aliphatic hydroxyl groups excluding tert-OH is 2. The summed E-state index contributed by atoms with van der Waals surface area (Å²) in [7, 11) is 0. The molecule has 1 aromatic rings. The summed E-state index contributed by atoms with van der Waals surface area (Å²) >= 11 is 0. The molecule has 2 atom stereocenters. The van der Waals surface area contributed by atoms with Crippen molar-refractivity contribution in [1.29, 1.82) is 0 Å². The lowest BCUT2D eigenvalue weighted by Gasteiger charge is -2.18. The topological polar surface area (TPSA) is 75.7 Å². The Labute approximate surface area is 95.7 Å². The summed E-state index contributed by atoms with van der Waals surface area (Å²) in [5.41, 5.74) is 6.46. The number of benzene rings is 1. The highest BCUT2D eigenvalue weighted by Gasteiger charge is 2.16. The monoisotopic (exact) mass is 225 g/mol. The number of hydrogen-bond donors (Lipinski definition) is 3. The van der Waals surface area contributed by atoms with Crippen LogP contribution in [0.4, 0.5) is 0 Å². The minimum absolute atomic E-state index is 0.0186. The molecule has 0 spiro atoms. The van der Waals surface area contributed by atoms with E-state index in [4.69, 9.17) is 15.6 Å². The third-order valence-electron chi connectivity index (χ3n) is 2.40. The second-order valence-corrected chi connectivity index (χ2v) is 3.62. The first-order valence-corrected chi connectivity index (χ1v) is 5.46. The fourth-order valence-electron chi connectivity index (χ4n) is 1.48. The van der Waals surface area contributed by atoms with Gasteiger partial charge >= 0.3 is 0 Å². The lowest BCUT2D eigenvalue weighted by molar-refractivity contribution is 0.129. The molecule has 0 amide bonds. The van der Waals surface area contributed by atoms with E-state index < -0.39 is 12.1 Å². The van der Waals surface area contributed by atoms with Gasteiger partial charge in [-0.2, -0.15) is 0 Å². The van der Waals surface area contributed by atoms with Crippen molar-refractivity contribution in [2.75, 3.05) is 13.2 Å². The van der Waals surface area contributed by atoms with E-state index in [2.05, 4.69) is 0 Å². The standard InChI is InChI=1S/C12H19NO3/c1-2-16-10-5-3-9(4-6-10)12(15)11(13)7-8-14/h3-6,11-12,14-15H,2,7-8,13H2,1H3. The second-order valence-electron chi connectivity index (χ2n) is 3.62. The van der Waals surface area contributed by atoms with E-state index in [9.17, 15) is 5.11 Å². The highest BCUT2D eigenvalue weighted by Crippen LogP contribution is 2.20. The molecule has 4 nitrogen and oxygen atoms in total. The van der Waals surface area contributed by atoms with Gasteiger partial charge in [0.25, 0.3) is 0 Å². The number of hydrogen-bond acceptors (Lipinski definition) is 4. The van der Waals surface area contributed by atoms with Gasteiger partial charge in [-0.1, -0.05) is 12.1 Å². The molecule has 2 unspecified atom stereocenters. The predicted octanol–water partition coefficient (Wildman–Crippen LogP) is 0.828. The zero-order valence-corrected chi connectivity index (χ0v) is 9.47. The van der Waals surface area contributed by atoms with E-state index in [-0.39, 0.29) is 6.61 Å². The van der Waals surface area contributed by atoms with Crippen LogP contribution in [-0.2, 0) is 0 Å². The van der Waals surface area contributed by atoms with Crippen LogP contribution in [0.1, 0.15) is 25.0 Å². The summed E-state index contributed by atoms with van der Waals surface area (Å²) in [6.45, 7) is 2.51. The van der Waals surface area contributed by atoms with Crippen molar-refractivity contribution in [1.82, 2.24) is 0 Å². The first-order chi connectivity index (χ1) is 7.69. The molecule has 0 bridgehead atoms. The molecule has 0 aromatic heterocycles. The summed E-state index contributed by atoms with van der Waals surface area (Å²) in [5, 5.41) is 18.6. The van der Waals surface area contributed by atoms with Crippen LogP contribution in [0.2, 0.25) is 0 Å². The van der Waals surface area contributed by atoms with Crippen LogP contribution < -0.4 is 10.5 Å². The molecule has 0 aliphatic rings. The number of ether oxygens (including phenoxy) is 1. The highest BCUT2D eigenvalue weighted by molar-refractivity contribution is 5.29. The largest absolute Gasteiger partial charge is 0.494 e. The smallest absolute Gasteiger partial charge is 0.119 e. The molecule has 0 saturated heterocycles. The Hall–Kier alpha value is -1.10. The van der Waals surface area contributed by atoms with E-state index in [1.54, 1.807) is 24.3 Å². The Kier molecular flexibility index (Phi) is 5.25. The normalized spacial score (nSPS) is 14.5. The van der Waals surface area contributed by atoms with Gasteiger partial charge in [0.2, 0.25) is 0 Å². The Bertz CT molecular complexity index is 300. The average molecular weight is 225 g/mol. The molecule has 0 heterocycles. The maximum Gasteiger partial charge on any atom is 0.119 e. The van der Waals surface area contributed by atoms with Crippen LogP contribution >= 0.6 is 0 Å². The van der Waals surface area contributed by atoms with E-state index >= 15 is 0 Å². The van der Waals surface area contributed by atoms with Gasteiger partial charge in [-0.25, -0.2) is 0 Å². The molecule has 1 rings (SSSR count). The maximum absolute atomic E-state index is 9.86.